The van der Waals surface area contributed by atoms with E-state index in [1.807, 2.05) is 20.8 Å². The quantitative estimate of drug-likeness (QED) is 0.883. The summed E-state index contributed by atoms with van der Waals surface area (Å²) in [6, 6.07) is 5.10. The van der Waals surface area contributed by atoms with Gasteiger partial charge in [-0.25, -0.2) is 4.79 Å². The number of aromatic nitrogens is 1. The average molecular weight is 274 g/mol. The van der Waals surface area contributed by atoms with Crippen LogP contribution < -0.4 is 5.32 Å². The fourth-order valence-electron chi connectivity index (χ4n) is 1.87. The highest BCUT2D eigenvalue weighted by atomic mass is 16.6. The predicted octanol–water partition coefficient (Wildman–Crippen LogP) is 2.97. The summed E-state index contributed by atoms with van der Waals surface area (Å²) in [7, 11) is 0. The smallest absolute Gasteiger partial charge is 0.407 e. The molecule has 2 N–H and O–H groups in total. The Labute approximate surface area is 117 Å². The first-order valence-electron chi connectivity index (χ1n) is 6.38. The molecule has 2 rings (SSSR count). The summed E-state index contributed by atoms with van der Waals surface area (Å²) in [4.78, 5) is 15.7. The Kier molecular flexibility index (Phi) is 3.79. The Morgan fingerprint density at radius 1 is 1.30 bits per heavy atom. The topological polar surface area (TPSA) is 71.5 Å². The second kappa shape index (κ2) is 5.36. The summed E-state index contributed by atoms with van der Waals surface area (Å²) >= 11 is 0. The minimum Gasteiger partial charge on any atom is -0.507 e. The molecule has 1 aromatic heterocycles. The van der Waals surface area contributed by atoms with Crippen molar-refractivity contribution in [1.29, 1.82) is 0 Å². The number of alkyl carbamates (subject to hydrolysis) is 1. The summed E-state index contributed by atoms with van der Waals surface area (Å²) in [6.45, 7) is 5.75. The second-order valence-electron chi connectivity index (χ2n) is 5.52. The fourth-order valence-corrected chi connectivity index (χ4v) is 1.87. The number of rotatable bonds is 2. The van der Waals surface area contributed by atoms with Gasteiger partial charge in [-0.2, -0.15) is 0 Å². The molecule has 1 heterocycles. The van der Waals surface area contributed by atoms with Crippen LogP contribution in [0.5, 0.6) is 5.75 Å². The Bertz CT molecular complexity index is 633. The fraction of sp³-hybridized carbons (Fsp3) is 0.333. The minimum atomic E-state index is -0.525. The number of phenols is 1. The molecule has 0 bridgehead atoms. The van der Waals surface area contributed by atoms with Crippen molar-refractivity contribution in [2.45, 2.75) is 32.9 Å². The Morgan fingerprint density at radius 3 is 2.75 bits per heavy atom. The van der Waals surface area contributed by atoms with E-state index in [9.17, 15) is 9.90 Å². The molecule has 0 saturated carbocycles. The van der Waals surface area contributed by atoms with Crippen LogP contribution in [-0.2, 0) is 11.3 Å². The van der Waals surface area contributed by atoms with Crippen LogP contribution in [-0.4, -0.2) is 21.8 Å². The van der Waals surface area contributed by atoms with Crippen molar-refractivity contribution >= 4 is 16.9 Å². The van der Waals surface area contributed by atoms with Gasteiger partial charge in [0.15, 0.2) is 0 Å². The van der Waals surface area contributed by atoms with Gasteiger partial charge >= 0.3 is 6.09 Å². The Balaban J connectivity index is 2.15. The molecular weight excluding hydrogens is 256 g/mol. The number of hydrogen-bond acceptors (Lipinski definition) is 4. The van der Waals surface area contributed by atoms with Crippen LogP contribution in [0.1, 0.15) is 26.3 Å². The van der Waals surface area contributed by atoms with E-state index in [1.165, 1.54) is 0 Å². The molecular formula is C15H18N2O3. The summed E-state index contributed by atoms with van der Waals surface area (Å²) in [5.41, 5.74) is 0.347. The molecule has 106 valence electrons. The molecule has 0 aliphatic rings. The number of ether oxygens (including phenoxy) is 1. The zero-order chi connectivity index (χ0) is 14.8. The largest absolute Gasteiger partial charge is 0.507 e. The van der Waals surface area contributed by atoms with Crippen molar-refractivity contribution in [3.8, 4) is 5.75 Å². The first kappa shape index (κ1) is 14.1. The van der Waals surface area contributed by atoms with Crippen LogP contribution in [0.25, 0.3) is 10.8 Å². The molecule has 0 aliphatic carbocycles. The molecule has 0 fully saturated rings. The molecule has 0 radical (unpaired) electrons. The van der Waals surface area contributed by atoms with Crippen LogP contribution in [0.4, 0.5) is 4.79 Å². The maximum atomic E-state index is 11.6. The molecule has 1 aromatic carbocycles. The van der Waals surface area contributed by atoms with Crippen molar-refractivity contribution in [2.75, 3.05) is 0 Å². The lowest BCUT2D eigenvalue weighted by atomic mass is 10.1. The van der Waals surface area contributed by atoms with Crippen molar-refractivity contribution < 1.29 is 14.6 Å². The maximum absolute atomic E-state index is 11.6. The van der Waals surface area contributed by atoms with E-state index in [4.69, 9.17) is 4.74 Å². The second-order valence-corrected chi connectivity index (χ2v) is 5.52. The number of fused-ring (bicyclic) bond motifs is 1. The van der Waals surface area contributed by atoms with Crippen LogP contribution >= 0.6 is 0 Å². The Morgan fingerprint density at radius 2 is 2.05 bits per heavy atom. The molecule has 20 heavy (non-hydrogen) atoms. The van der Waals surface area contributed by atoms with Gasteiger partial charge in [0, 0.05) is 29.7 Å². The number of carbonyl (C=O) groups is 1. The van der Waals surface area contributed by atoms with Gasteiger partial charge in [0.25, 0.3) is 0 Å². The number of nitrogens with zero attached hydrogens (tertiary/aromatic N) is 1. The summed E-state index contributed by atoms with van der Waals surface area (Å²) in [6.07, 6.45) is 2.82. The average Bonchev–Trinajstić information content (AvgIpc) is 2.36. The first-order chi connectivity index (χ1) is 9.37. The van der Waals surface area contributed by atoms with Crippen LogP contribution in [0.3, 0.4) is 0 Å². The highest BCUT2D eigenvalue weighted by Crippen LogP contribution is 2.26. The number of nitrogens with one attached hydrogen (secondary N) is 1. The van der Waals surface area contributed by atoms with E-state index in [0.29, 0.717) is 11.9 Å². The molecule has 0 atom stereocenters. The number of pyridine rings is 1. The summed E-state index contributed by atoms with van der Waals surface area (Å²) in [5.74, 6) is 0.198. The third kappa shape index (κ3) is 3.38. The third-order valence-electron chi connectivity index (χ3n) is 2.71. The van der Waals surface area contributed by atoms with E-state index >= 15 is 0 Å². The zero-order valence-corrected chi connectivity index (χ0v) is 11.8. The molecule has 0 saturated heterocycles. The Hall–Kier alpha value is -2.30. The van der Waals surface area contributed by atoms with Gasteiger partial charge in [-0.05, 0) is 38.5 Å². The lowest BCUT2D eigenvalue weighted by Crippen LogP contribution is -2.32. The van der Waals surface area contributed by atoms with E-state index in [1.54, 1.807) is 30.6 Å². The van der Waals surface area contributed by atoms with E-state index in [2.05, 4.69) is 10.3 Å². The van der Waals surface area contributed by atoms with Gasteiger partial charge in [0.2, 0.25) is 0 Å². The first-order valence-corrected chi connectivity index (χ1v) is 6.38. The number of amides is 1. The van der Waals surface area contributed by atoms with Crippen molar-refractivity contribution in [2.24, 2.45) is 0 Å². The molecule has 5 nitrogen and oxygen atoms in total. The molecule has 5 heteroatoms. The van der Waals surface area contributed by atoms with E-state index < -0.39 is 11.7 Å². The van der Waals surface area contributed by atoms with Gasteiger partial charge in [0.1, 0.15) is 11.4 Å². The highest BCUT2D eigenvalue weighted by molar-refractivity contribution is 5.90. The number of aromatic hydroxyl groups is 1. The molecule has 1 amide bonds. The monoisotopic (exact) mass is 274 g/mol. The number of benzene rings is 1. The van der Waals surface area contributed by atoms with Gasteiger partial charge in [-0.3, -0.25) is 4.98 Å². The number of hydrogen-bond donors (Lipinski definition) is 2. The normalized spacial score (nSPS) is 11.3. The minimum absolute atomic E-state index is 0.198. The van der Waals surface area contributed by atoms with Crippen LogP contribution in [0.15, 0.2) is 30.6 Å². The van der Waals surface area contributed by atoms with E-state index in [-0.39, 0.29) is 5.75 Å². The van der Waals surface area contributed by atoms with Gasteiger partial charge in [-0.15, -0.1) is 0 Å². The highest BCUT2D eigenvalue weighted by Gasteiger charge is 2.16. The van der Waals surface area contributed by atoms with Gasteiger partial charge in [0.05, 0.1) is 0 Å². The molecule has 2 aromatic rings. The third-order valence-corrected chi connectivity index (χ3v) is 2.71. The predicted molar refractivity (Wildman–Crippen MR) is 76.5 cm³/mol. The SMILES string of the molecule is CC(C)(C)OC(=O)NCc1ccc(O)c2ccncc12. The number of carbonyl (C=O) groups excluding carboxylic acids is 1. The van der Waals surface area contributed by atoms with Gasteiger partial charge < -0.3 is 15.2 Å². The van der Waals surface area contributed by atoms with Crippen molar-refractivity contribution in [3.05, 3.63) is 36.2 Å². The van der Waals surface area contributed by atoms with Crippen LogP contribution in [0.2, 0.25) is 0 Å². The van der Waals surface area contributed by atoms with Crippen molar-refractivity contribution in [1.82, 2.24) is 10.3 Å². The molecule has 0 aliphatic heterocycles. The standard InChI is InChI=1S/C15H18N2O3/c1-15(2,3)20-14(19)17-8-10-4-5-13(18)11-6-7-16-9-12(10)11/h4-7,9,18H,8H2,1-3H3,(H,17,19). The zero-order valence-electron chi connectivity index (χ0n) is 11.8. The number of phenolic OH excluding ortho intramolecular Hbond substituents is 1. The maximum Gasteiger partial charge on any atom is 0.407 e. The lowest BCUT2D eigenvalue weighted by Gasteiger charge is -2.19. The molecule has 0 spiro atoms. The van der Waals surface area contributed by atoms with Crippen molar-refractivity contribution in [3.63, 3.8) is 0 Å². The lowest BCUT2D eigenvalue weighted by molar-refractivity contribution is 0.0524. The summed E-state index contributed by atoms with van der Waals surface area (Å²) in [5, 5.41) is 14.0. The van der Waals surface area contributed by atoms with E-state index in [0.717, 1.165) is 10.9 Å². The van der Waals surface area contributed by atoms with Gasteiger partial charge in [-0.1, -0.05) is 6.07 Å². The summed E-state index contributed by atoms with van der Waals surface area (Å²) < 4.78 is 5.18. The van der Waals surface area contributed by atoms with Crippen LogP contribution in [0, 0.1) is 0 Å². The molecule has 0 unspecified atom stereocenters.